The summed E-state index contributed by atoms with van der Waals surface area (Å²) in [6, 6.07) is 23.2. The SMILES string of the molecule is CN(C)c1ccc(C2(c3ccc(N(C)C)cc3)NNS(=O)c3cc(N(C)C)ccc32)cc1. The zero-order valence-corrected chi connectivity index (χ0v) is 20.3. The van der Waals surface area contributed by atoms with Gasteiger partial charge in [-0.15, -0.1) is 0 Å². The fraction of sp³-hybridized carbons (Fsp3) is 0.280. The third kappa shape index (κ3) is 3.77. The summed E-state index contributed by atoms with van der Waals surface area (Å²) in [6.07, 6.45) is 0. The smallest absolute Gasteiger partial charge is 0.139 e. The number of hydrogen-bond donors (Lipinski definition) is 2. The van der Waals surface area contributed by atoms with Crippen molar-refractivity contribution in [2.45, 2.75) is 10.4 Å². The van der Waals surface area contributed by atoms with E-state index < -0.39 is 16.5 Å². The number of nitrogens with zero attached hydrogens (tertiary/aromatic N) is 3. The first-order valence-electron chi connectivity index (χ1n) is 10.6. The lowest BCUT2D eigenvalue weighted by molar-refractivity contribution is 0.433. The lowest BCUT2D eigenvalue weighted by Crippen LogP contribution is -2.56. The molecule has 0 fully saturated rings. The quantitative estimate of drug-likeness (QED) is 0.626. The summed E-state index contributed by atoms with van der Waals surface area (Å²) < 4.78 is 13.0. The second kappa shape index (κ2) is 8.58. The van der Waals surface area contributed by atoms with Crippen molar-refractivity contribution >= 4 is 28.0 Å². The Balaban J connectivity index is 1.97. The molecule has 1 atom stereocenters. The first kappa shape index (κ1) is 22.3. The van der Waals surface area contributed by atoms with Crippen LogP contribution >= 0.6 is 0 Å². The van der Waals surface area contributed by atoms with Crippen LogP contribution in [0.1, 0.15) is 16.7 Å². The van der Waals surface area contributed by atoms with E-state index >= 15 is 0 Å². The van der Waals surface area contributed by atoms with Gasteiger partial charge in [0.05, 0.1) is 4.90 Å². The fourth-order valence-electron chi connectivity index (χ4n) is 4.14. The first-order valence-corrected chi connectivity index (χ1v) is 11.7. The van der Waals surface area contributed by atoms with Gasteiger partial charge >= 0.3 is 0 Å². The van der Waals surface area contributed by atoms with E-state index in [0.717, 1.165) is 38.6 Å². The molecule has 2 N–H and O–H groups in total. The zero-order valence-electron chi connectivity index (χ0n) is 19.5. The molecule has 0 spiro atoms. The molecule has 0 radical (unpaired) electrons. The molecule has 0 saturated heterocycles. The molecule has 168 valence electrons. The van der Waals surface area contributed by atoms with E-state index in [1.165, 1.54) is 0 Å². The van der Waals surface area contributed by atoms with Crippen molar-refractivity contribution < 1.29 is 4.21 Å². The Morgan fingerprint density at radius 2 is 1.09 bits per heavy atom. The summed E-state index contributed by atoms with van der Waals surface area (Å²) >= 11 is 0. The number of benzene rings is 3. The molecule has 4 rings (SSSR count). The lowest BCUT2D eigenvalue weighted by Gasteiger charge is -2.41. The Kier molecular flexibility index (Phi) is 5.99. The van der Waals surface area contributed by atoms with Crippen LogP contribution in [0.5, 0.6) is 0 Å². The summed E-state index contributed by atoms with van der Waals surface area (Å²) in [7, 11) is 10.8. The molecule has 1 aliphatic heterocycles. The molecular weight excluding hydrogens is 418 g/mol. The van der Waals surface area contributed by atoms with Gasteiger partial charge in [-0.3, -0.25) is 0 Å². The number of hydrazine groups is 1. The number of fused-ring (bicyclic) bond motifs is 1. The Labute approximate surface area is 193 Å². The Bertz CT molecular complexity index is 1070. The predicted molar refractivity (Wildman–Crippen MR) is 135 cm³/mol. The van der Waals surface area contributed by atoms with Crippen molar-refractivity contribution in [3.8, 4) is 0 Å². The number of hydrogen-bond acceptors (Lipinski definition) is 5. The van der Waals surface area contributed by atoms with Gasteiger partial charge < -0.3 is 14.7 Å². The highest BCUT2D eigenvalue weighted by Gasteiger charge is 2.42. The van der Waals surface area contributed by atoms with E-state index in [4.69, 9.17) is 0 Å². The standard InChI is InChI=1S/C25H31N5OS/c1-28(2)20-11-7-18(8-12-20)25(19-9-13-21(14-10-19)29(3)4)23-16-15-22(30(5)6)17-24(23)32(31)27-26-25/h7-17,26-27H,1-6H3. The Morgan fingerprint density at radius 3 is 1.53 bits per heavy atom. The molecule has 0 aliphatic carbocycles. The van der Waals surface area contributed by atoms with Crippen LogP contribution in [0.25, 0.3) is 0 Å². The monoisotopic (exact) mass is 449 g/mol. The molecule has 0 amide bonds. The van der Waals surface area contributed by atoms with Crippen molar-refractivity contribution in [2.24, 2.45) is 0 Å². The lowest BCUT2D eigenvalue weighted by atomic mass is 9.77. The molecule has 1 heterocycles. The highest BCUT2D eigenvalue weighted by atomic mass is 32.2. The van der Waals surface area contributed by atoms with E-state index in [-0.39, 0.29) is 0 Å². The average molecular weight is 450 g/mol. The van der Waals surface area contributed by atoms with Crippen molar-refractivity contribution in [3.63, 3.8) is 0 Å². The maximum atomic E-state index is 13.0. The summed E-state index contributed by atoms with van der Waals surface area (Å²) in [5.41, 5.74) is 9.13. The van der Waals surface area contributed by atoms with E-state index in [2.05, 4.69) is 80.7 Å². The molecule has 3 aromatic rings. The summed E-state index contributed by atoms with van der Waals surface area (Å²) in [5.74, 6) is 0. The van der Waals surface area contributed by atoms with Gasteiger partial charge in [0.25, 0.3) is 0 Å². The topological polar surface area (TPSA) is 50.9 Å². The van der Waals surface area contributed by atoms with Crippen molar-refractivity contribution in [3.05, 3.63) is 83.4 Å². The minimum Gasteiger partial charge on any atom is -0.378 e. The van der Waals surface area contributed by atoms with Crippen molar-refractivity contribution in [1.82, 2.24) is 10.3 Å². The van der Waals surface area contributed by atoms with Crippen LogP contribution in [0.15, 0.2) is 71.6 Å². The van der Waals surface area contributed by atoms with Gasteiger partial charge in [-0.2, -0.15) is 4.83 Å². The van der Waals surface area contributed by atoms with Crippen molar-refractivity contribution in [1.29, 1.82) is 0 Å². The van der Waals surface area contributed by atoms with Crippen LogP contribution in [0.4, 0.5) is 17.1 Å². The van der Waals surface area contributed by atoms with Crippen LogP contribution in [-0.4, -0.2) is 46.5 Å². The average Bonchev–Trinajstić information content (AvgIpc) is 2.79. The molecular formula is C25H31N5OS. The minimum atomic E-state index is -1.36. The first-order chi connectivity index (χ1) is 15.2. The van der Waals surface area contributed by atoms with Crippen LogP contribution < -0.4 is 25.0 Å². The van der Waals surface area contributed by atoms with Crippen LogP contribution in [0.3, 0.4) is 0 Å². The molecule has 3 aromatic carbocycles. The number of anilines is 3. The molecule has 6 nitrogen and oxygen atoms in total. The van der Waals surface area contributed by atoms with Crippen molar-refractivity contribution in [2.75, 3.05) is 57.0 Å². The van der Waals surface area contributed by atoms with Crippen LogP contribution in [-0.2, 0) is 16.5 Å². The van der Waals surface area contributed by atoms with Gasteiger partial charge in [0.1, 0.15) is 16.5 Å². The second-order valence-corrected chi connectivity index (χ2v) is 9.88. The molecule has 0 saturated carbocycles. The normalized spacial score (nSPS) is 16.9. The fourth-order valence-corrected chi connectivity index (χ4v) is 5.14. The van der Waals surface area contributed by atoms with Gasteiger partial charge in [0.15, 0.2) is 0 Å². The Morgan fingerprint density at radius 1 is 0.656 bits per heavy atom. The number of rotatable bonds is 5. The zero-order chi connectivity index (χ0) is 23.0. The number of nitrogens with one attached hydrogen (secondary N) is 2. The minimum absolute atomic E-state index is 0.691. The summed E-state index contributed by atoms with van der Waals surface area (Å²) in [4.78, 5) is 10.0. The largest absolute Gasteiger partial charge is 0.378 e. The summed E-state index contributed by atoms with van der Waals surface area (Å²) in [5, 5.41) is 0. The molecule has 32 heavy (non-hydrogen) atoms. The highest BCUT2D eigenvalue weighted by Crippen LogP contribution is 2.42. The predicted octanol–water partition coefficient (Wildman–Crippen LogP) is 3.31. The van der Waals surface area contributed by atoms with E-state index in [1.807, 2.05) is 53.3 Å². The van der Waals surface area contributed by atoms with Crippen LogP contribution in [0.2, 0.25) is 0 Å². The van der Waals surface area contributed by atoms with Gasteiger partial charge in [-0.25, -0.2) is 9.63 Å². The third-order valence-corrected chi connectivity index (χ3v) is 7.07. The van der Waals surface area contributed by atoms with Gasteiger partial charge in [-0.05, 0) is 47.5 Å². The molecule has 0 aromatic heterocycles. The van der Waals surface area contributed by atoms with E-state index in [1.54, 1.807) is 0 Å². The van der Waals surface area contributed by atoms with Crippen LogP contribution in [0, 0.1) is 0 Å². The molecule has 1 unspecified atom stereocenters. The third-order valence-electron chi connectivity index (χ3n) is 6.05. The molecule has 0 bridgehead atoms. The van der Waals surface area contributed by atoms with E-state index in [9.17, 15) is 4.21 Å². The maximum Gasteiger partial charge on any atom is 0.139 e. The van der Waals surface area contributed by atoms with Gasteiger partial charge in [0, 0.05) is 64.9 Å². The maximum absolute atomic E-state index is 13.0. The molecule has 1 aliphatic rings. The summed E-state index contributed by atoms with van der Waals surface area (Å²) in [6.45, 7) is 0. The van der Waals surface area contributed by atoms with E-state index in [0.29, 0.717) is 0 Å². The highest BCUT2D eigenvalue weighted by molar-refractivity contribution is 7.83. The van der Waals surface area contributed by atoms with Gasteiger partial charge in [-0.1, -0.05) is 30.3 Å². The second-order valence-electron chi connectivity index (χ2n) is 8.70. The van der Waals surface area contributed by atoms with Gasteiger partial charge in [0.2, 0.25) is 0 Å². The Hall–Kier alpha value is -2.87. The molecule has 7 heteroatoms.